The van der Waals surface area contributed by atoms with Gasteiger partial charge >= 0.3 is 0 Å². The summed E-state index contributed by atoms with van der Waals surface area (Å²) in [4.78, 5) is 0. The lowest BCUT2D eigenvalue weighted by atomic mass is 9.36. The third-order valence-corrected chi connectivity index (χ3v) is 8.74. The van der Waals surface area contributed by atoms with Crippen LogP contribution in [0.4, 0.5) is 0 Å². The smallest absolute Gasteiger partial charge is 0.00799 e. The fourth-order valence-corrected chi connectivity index (χ4v) is 6.90. The molecule has 2 saturated carbocycles. The Morgan fingerprint density at radius 1 is 0.905 bits per heavy atom. The van der Waals surface area contributed by atoms with E-state index in [1.807, 2.05) is 5.57 Å². The van der Waals surface area contributed by atoms with Crippen LogP contribution in [-0.2, 0) is 0 Å². The summed E-state index contributed by atoms with van der Waals surface area (Å²) in [5.41, 5.74) is 3.28. The highest BCUT2D eigenvalue weighted by molar-refractivity contribution is 5.30. The zero-order valence-corrected chi connectivity index (χ0v) is 15.4. The lowest BCUT2D eigenvalue weighted by molar-refractivity contribution is -0.146. The molecule has 0 radical (unpaired) electrons. The van der Waals surface area contributed by atoms with E-state index in [1.54, 1.807) is 0 Å². The van der Waals surface area contributed by atoms with Crippen molar-refractivity contribution in [3.8, 4) is 0 Å². The Hall–Kier alpha value is -0.260. The molecule has 3 rings (SSSR count). The van der Waals surface area contributed by atoms with E-state index in [-0.39, 0.29) is 0 Å². The second kappa shape index (κ2) is 4.62. The topological polar surface area (TPSA) is 0 Å². The van der Waals surface area contributed by atoms with Crippen molar-refractivity contribution in [1.82, 2.24) is 0 Å². The molecule has 0 aromatic rings. The van der Waals surface area contributed by atoms with Gasteiger partial charge in [0.25, 0.3) is 0 Å². The molecule has 0 aromatic heterocycles. The zero-order valence-electron chi connectivity index (χ0n) is 15.4. The lowest BCUT2D eigenvalue weighted by Gasteiger charge is -2.68. The van der Waals surface area contributed by atoms with Crippen LogP contribution in [0.3, 0.4) is 0 Å². The van der Waals surface area contributed by atoms with Crippen LogP contribution < -0.4 is 0 Å². The minimum absolute atomic E-state index is 0.447. The minimum atomic E-state index is 0.447. The molecule has 3 aliphatic rings. The van der Waals surface area contributed by atoms with Gasteiger partial charge in [-0.05, 0) is 65.6 Å². The van der Waals surface area contributed by atoms with E-state index in [1.165, 1.54) is 32.1 Å². The van der Waals surface area contributed by atoms with E-state index in [0.717, 1.165) is 23.7 Å². The quantitative estimate of drug-likeness (QED) is 0.448. The van der Waals surface area contributed by atoms with Gasteiger partial charge in [-0.15, -0.1) is 0 Å². The van der Waals surface area contributed by atoms with E-state index in [0.29, 0.717) is 16.2 Å². The van der Waals surface area contributed by atoms with Crippen LogP contribution in [-0.4, -0.2) is 0 Å². The van der Waals surface area contributed by atoms with Crippen LogP contribution in [0.2, 0.25) is 0 Å². The summed E-state index contributed by atoms with van der Waals surface area (Å²) in [7, 11) is 0. The van der Waals surface area contributed by atoms with Gasteiger partial charge in [0.15, 0.2) is 0 Å². The van der Waals surface area contributed by atoms with Crippen molar-refractivity contribution in [2.75, 3.05) is 0 Å². The molecule has 0 aromatic carbocycles. The van der Waals surface area contributed by atoms with E-state index >= 15 is 0 Å². The highest BCUT2D eigenvalue weighted by Crippen LogP contribution is 2.71. The molecule has 0 bridgehead atoms. The van der Waals surface area contributed by atoms with Gasteiger partial charge in [-0.2, -0.15) is 0 Å². The van der Waals surface area contributed by atoms with Crippen LogP contribution in [0.25, 0.3) is 0 Å². The Kier molecular flexibility index (Phi) is 3.44. The molecule has 0 heterocycles. The summed E-state index contributed by atoms with van der Waals surface area (Å²) < 4.78 is 0. The van der Waals surface area contributed by atoms with E-state index in [2.05, 4.69) is 54.5 Å². The molecule has 0 heteroatoms. The summed E-state index contributed by atoms with van der Waals surface area (Å²) in [5.74, 6) is 3.35. The second-order valence-electron chi connectivity index (χ2n) is 9.75. The van der Waals surface area contributed by atoms with Crippen LogP contribution >= 0.6 is 0 Å². The molecule has 0 nitrogen and oxygen atoms in total. The predicted molar refractivity (Wildman–Crippen MR) is 92.1 cm³/mol. The summed E-state index contributed by atoms with van der Waals surface area (Å²) in [6.45, 7) is 18.0. The molecular weight excluding hydrogens is 252 g/mol. The molecule has 0 amide bonds. The molecule has 21 heavy (non-hydrogen) atoms. The Balaban J connectivity index is 2.12. The molecular formula is C21H36. The van der Waals surface area contributed by atoms with Gasteiger partial charge in [-0.1, -0.05) is 66.5 Å². The minimum Gasteiger partial charge on any atom is -0.0842 e. The Bertz CT molecular complexity index is 461. The number of fused-ring (bicyclic) bond motifs is 2. The number of allylic oxidation sites excluding steroid dienone is 2. The van der Waals surface area contributed by atoms with Crippen molar-refractivity contribution in [2.45, 2.75) is 80.6 Å². The van der Waals surface area contributed by atoms with Crippen LogP contribution in [0.15, 0.2) is 11.6 Å². The maximum Gasteiger partial charge on any atom is -0.00799 e. The largest absolute Gasteiger partial charge is 0.0842 e. The first-order valence-electron chi connectivity index (χ1n) is 9.35. The number of rotatable bonds is 0. The monoisotopic (exact) mass is 288 g/mol. The first-order valence-corrected chi connectivity index (χ1v) is 9.35. The van der Waals surface area contributed by atoms with Crippen molar-refractivity contribution in [3.05, 3.63) is 11.6 Å². The van der Waals surface area contributed by atoms with Crippen LogP contribution in [0.1, 0.15) is 80.6 Å². The molecule has 0 spiro atoms. The van der Waals surface area contributed by atoms with Crippen LogP contribution in [0, 0.1) is 39.9 Å². The molecule has 7 unspecified atom stereocenters. The summed E-state index contributed by atoms with van der Waals surface area (Å²) in [6, 6.07) is 0. The number of hydrogen-bond acceptors (Lipinski definition) is 0. The van der Waals surface area contributed by atoms with Crippen molar-refractivity contribution in [2.24, 2.45) is 39.9 Å². The van der Waals surface area contributed by atoms with Gasteiger partial charge in [-0.3, -0.25) is 0 Å². The molecule has 0 N–H and O–H groups in total. The van der Waals surface area contributed by atoms with Gasteiger partial charge in [0, 0.05) is 0 Å². The fraction of sp³-hybridized carbons (Fsp3) is 0.905. The third kappa shape index (κ3) is 1.86. The van der Waals surface area contributed by atoms with E-state index in [9.17, 15) is 0 Å². The molecule has 3 aliphatic carbocycles. The van der Waals surface area contributed by atoms with Gasteiger partial charge in [0.2, 0.25) is 0 Å². The first kappa shape index (κ1) is 15.6. The highest BCUT2D eigenvalue weighted by Gasteiger charge is 2.63. The highest BCUT2D eigenvalue weighted by atomic mass is 14.7. The van der Waals surface area contributed by atoms with Gasteiger partial charge in [0.05, 0.1) is 0 Å². The maximum absolute atomic E-state index is 2.65. The lowest BCUT2D eigenvalue weighted by Crippen LogP contribution is -2.60. The molecule has 2 fully saturated rings. The van der Waals surface area contributed by atoms with Crippen LogP contribution in [0.5, 0.6) is 0 Å². The maximum atomic E-state index is 2.65. The standard InChI is InChI=1S/C21H36/c1-14-8-9-18-16(3)20(6)11-10-15(2)13-21(20,7)17(4)19(18,5)12-14/h9,14-17H,8,10-13H2,1-7H3. The average molecular weight is 289 g/mol. The average Bonchev–Trinajstić information content (AvgIpc) is 2.40. The van der Waals surface area contributed by atoms with Gasteiger partial charge in [-0.25, -0.2) is 0 Å². The number of hydrogen-bond donors (Lipinski definition) is 0. The third-order valence-electron chi connectivity index (χ3n) is 8.74. The van der Waals surface area contributed by atoms with Crippen molar-refractivity contribution < 1.29 is 0 Å². The molecule has 0 aliphatic heterocycles. The van der Waals surface area contributed by atoms with E-state index < -0.39 is 0 Å². The molecule has 120 valence electrons. The molecule has 7 atom stereocenters. The van der Waals surface area contributed by atoms with Gasteiger partial charge < -0.3 is 0 Å². The zero-order chi connectivity index (χ0) is 15.6. The normalized spacial score (nSPS) is 57.2. The van der Waals surface area contributed by atoms with E-state index in [4.69, 9.17) is 0 Å². The Morgan fingerprint density at radius 3 is 2.24 bits per heavy atom. The molecule has 0 saturated heterocycles. The van der Waals surface area contributed by atoms with Crippen molar-refractivity contribution in [3.63, 3.8) is 0 Å². The fourth-order valence-electron chi connectivity index (χ4n) is 6.90. The van der Waals surface area contributed by atoms with Gasteiger partial charge in [0.1, 0.15) is 0 Å². The Morgan fingerprint density at radius 2 is 1.57 bits per heavy atom. The second-order valence-corrected chi connectivity index (χ2v) is 9.75. The van der Waals surface area contributed by atoms with Crippen molar-refractivity contribution >= 4 is 0 Å². The predicted octanol–water partition coefficient (Wildman–Crippen LogP) is 6.47. The van der Waals surface area contributed by atoms with Crippen molar-refractivity contribution in [1.29, 1.82) is 0 Å². The summed E-state index contributed by atoms with van der Waals surface area (Å²) in [5, 5.41) is 0. The summed E-state index contributed by atoms with van der Waals surface area (Å²) in [6.07, 6.45) is 9.67. The Labute approximate surface area is 132 Å². The summed E-state index contributed by atoms with van der Waals surface area (Å²) >= 11 is 0. The SMILES string of the molecule is CC1CC=C2C(C)C3(C)CCC(C)CC3(C)C(C)C2(C)C1. The first-order chi connectivity index (χ1) is 9.65.